The molecule has 17 heavy (non-hydrogen) atoms. The van der Waals surface area contributed by atoms with Gasteiger partial charge in [0.15, 0.2) is 6.29 Å². The second kappa shape index (κ2) is 6.02. The quantitative estimate of drug-likeness (QED) is 0.589. The Hall–Kier alpha value is -1.07. The van der Waals surface area contributed by atoms with Crippen LogP contribution in [0, 0.1) is 0 Å². The van der Waals surface area contributed by atoms with E-state index in [4.69, 9.17) is 16.3 Å². The number of halogens is 1. The van der Waals surface area contributed by atoms with Gasteiger partial charge in [0.05, 0.1) is 17.9 Å². The maximum Gasteiger partial charge on any atom is 0.153 e. The molecule has 0 radical (unpaired) electrons. The van der Waals surface area contributed by atoms with Crippen LogP contribution in [0.25, 0.3) is 0 Å². The van der Waals surface area contributed by atoms with Crippen LogP contribution < -0.4 is 4.74 Å². The van der Waals surface area contributed by atoms with E-state index >= 15 is 0 Å². The van der Waals surface area contributed by atoms with Gasteiger partial charge in [-0.05, 0) is 24.6 Å². The van der Waals surface area contributed by atoms with Crippen LogP contribution in [0.1, 0.15) is 16.8 Å². The fourth-order valence-corrected chi connectivity index (χ4v) is 2.07. The minimum Gasteiger partial charge on any atom is -0.493 e. The molecule has 0 amide bonds. The molecule has 0 bridgehead atoms. The van der Waals surface area contributed by atoms with Gasteiger partial charge >= 0.3 is 0 Å². The molecule has 1 rings (SSSR count). The second-order valence-corrected chi connectivity index (χ2v) is 6.33. The number of ether oxygens (including phenoxy) is 1. The molecule has 0 heterocycles. The molecular weight excluding hydrogens is 264 g/mol. The van der Waals surface area contributed by atoms with Crippen molar-refractivity contribution in [3.63, 3.8) is 0 Å². The van der Waals surface area contributed by atoms with Crippen LogP contribution in [-0.4, -0.2) is 33.3 Å². The molecule has 0 aliphatic heterocycles. The highest BCUT2D eigenvalue weighted by molar-refractivity contribution is 7.90. The predicted molar refractivity (Wildman–Crippen MR) is 66.7 cm³/mol. The van der Waals surface area contributed by atoms with Gasteiger partial charge in [-0.15, -0.1) is 0 Å². The first kappa shape index (κ1) is 14.0. The molecule has 0 N–H and O–H groups in total. The van der Waals surface area contributed by atoms with E-state index in [1.54, 1.807) is 12.1 Å². The summed E-state index contributed by atoms with van der Waals surface area (Å²) in [6.07, 6.45) is 2.21. The van der Waals surface area contributed by atoms with Crippen LogP contribution in [0.15, 0.2) is 18.2 Å². The molecule has 0 aromatic heterocycles. The monoisotopic (exact) mass is 276 g/mol. The molecule has 0 aliphatic rings. The van der Waals surface area contributed by atoms with E-state index in [0.717, 1.165) is 0 Å². The third-order valence-corrected chi connectivity index (χ3v) is 3.28. The van der Waals surface area contributed by atoms with Gasteiger partial charge in [-0.25, -0.2) is 8.42 Å². The molecule has 0 spiro atoms. The molecule has 0 fully saturated rings. The Morgan fingerprint density at radius 2 is 2.12 bits per heavy atom. The van der Waals surface area contributed by atoms with Crippen LogP contribution in [0.4, 0.5) is 0 Å². The van der Waals surface area contributed by atoms with Crippen molar-refractivity contribution in [1.29, 1.82) is 0 Å². The van der Waals surface area contributed by atoms with E-state index in [1.807, 2.05) is 0 Å². The summed E-state index contributed by atoms with van der Waals surface area (Å²) in [5.74, 6) is 0.481. The van der Waals surface area contributed by atoms with E-state index in [-0.39, 0.29) is 12.4 Å². The number of carbonyl (C=O) groups is 1. The number of sulfone groups is 1. The summed E-state index contributed by atoms with van der Waals surface area (Å²) in [4.78, 5) is 10.7. The highest BCUT2D eigenvalue weighted by Gasteiger charge is 2.05. The number of benzene rings is 1. The summed E-state index contributed by atoms with van der Waals surface area (Å²) >= 11 is 5.72. The number of carbonyl (C=O) groups excluding carboxylic acids is 1. The Morgan fingerprint density at radius 1 is 1.41 bits per heavy atom. The van der Waals surface area contributed by atoms with Crippen molar-refractivity contribution in [2.24, 2.45) is 0 Å². The third kappa shape index (κ3) is 5.19. The van der Waals surface area contributed by atoms with Gasteiger partial charge in [-0.3, -0.25) is 4.79 Å². The molecule has 6 heteroatoms. The van der Waals surface area contributed by atoms with Crippen molar-refractivity contribution >= 4 is 27.7 Å². The van der Waals surface area contributed by atoms with Crippen LogP contribution >= 0.6 is 11.6 Å². The molecule has 4 nitrogen and oxygen atoms in total. The Bertz CT molecular complexity index is 496. The van der Waals surface area contributed by atoms with Crippen LogP contribution in [-0.2, 0) is 9.84 Å². The van der Waals surface area contributed by atoms with Gasteiger partial charge in [0.25, 0.3) is 0 Å². The maximum absolute atomic E-state index is 10.9. The van der Waals surface area contributed by atoms with E-state index < -0.39 is 9.84 Å². The lowest BCUT2D eigenvalue weighted by Gasteiger charge is -2.08. The lowest BCUT2D eigenvalue weighted by Crippen LogP contribution is -2.08. The van der Waals surface area contributed by atoms with Crippen molar-refractivity contribution in [2.75, 3.05) is 18.6 Å². The molecule has 1 aromatic rings. The van der Waals surface area contributed by atoms with Gasteiger partial charge in [0.1, 0.15) is 15.6 Å². The van der Waals surface area contributed by atoms with E-state index in [1.165, 1.54) is 12.3 Å². The van der Waals surface area contributed by atoms with E-state index in [2.05, 4.69) is 0 Å². The zero-order valence-corrected chi connectivity index (χ0v) is 10.9. The fraction of sp³-hybridized carbons (Fsp3) is 0.364. The minimum absolute atomic E-state index is 0.0665. The van der Waals surface area contributed by atoms with Gasteiger partial charge in [0, 0.05) is 11.3 Å². The fourth-order valence-electron chi connectivity index (χ4n) is 1.25. The van der Waals surface area contributed by atoms with Gasteiger partial charge in [-0.1, -0.05) is 11.6 Å². The van der Waals surface area contributed by atoms with Gasteiger partial charge in [0.2, 0.25) is 0 Å². The minimum atomic E-state index is -2.97. The molecule has 0 saturated carbocycles. The molecule has 0 unspecified atom stereocenters. The Labute approximate surface area is 105 Å². The maximum atomic E-state index is 10.9. The zero-order chi connectivity index (χ0) is 12.9. The summed E-state index contributed by atoms with van der Waals surface area (Å²) in [5, 5.41) is 0.454. The summed E-state index contributed by atoms with van der Waals surface area (Å²) in [5.41, 5.74) is 0.358. The largest absolute Gasteiger partial charge is 0.493 e. The lowest BCUT2D eigenvalue weighted by molar-refractivity contribution is 0.111. The topological polar surface area (TPSA) is 60.4 Å². The first-order valence-electron chi connectivity index (χ1n) is 4.97. The Morgan fingerprint density at radius 3 is 2.71 bits per heavy atom. The first-order valence-corrected chi connectivity index (χ1v) is 7.41. The average Bonchev–Trinajstić information content (AvgIpc) is 2.24. The van der Waals surface area contributed by atoms with Crippen molar-refractivity contribution < 1.29 is 17.9 Å². The van der Waals surface area contributed by atoms with Gasteiger partial charge < -0.3 is 4.74 Å². The highest BCUT2D eigenvalue weighted by atomic mass is 35.5. The first-order chi connectivity index (χ1) is 7.92. The number of aldehydes is 1. The molecule has 94 valence electrons. The number of rotatable bonds is 6. The lowest BCUT2D eigenvalue weighted by atomic mass is 10.2. The van der Waals surface area contributed by atoms with E-state index in [9.17, 15) is 13.2 Å². The summed E-state index contributed by atoms with van der Waals surface area (Å²) < 4.78 is 27.1. The van der Waals surface area contributed by atoms with Crippen molar-refractivity contribution in [1.82, 2.24) is 0 Å². The highest BCUT2D eigenvalue weighted by Crippen LogP contribution is 2.21. The average molecular weight is 277 g/mol. The predicted octanol–water partition coefficient (Wildman–Crippen LogP) is 1.97. The zero-order valence-electron chi connectivity index (χ0n) is 9.35. The number of hydrogen-bond acceptors (Lipinski definition) is 4. The van der Waals surface area contributed by atoms with Crippen molar-refractivity contribution in [3.05, 3.63) is 28.8 Å². The normalized spacial score (nSPS) is 11.2. The molecule has 0 aliphatic carbocycles. The molecule has 0 saturated heterocycles. The molecule has 0 atom stereocenters. The Kier molecular flexibility index (Phi) is 4.96. The summed E-state index contributed by atoms with van der Waals surface area (Å²) in [6, 6.07) is 4.70. The third-order valence-electron chi connectivity index (χ3n) is 2.02. The van der Waals surface area contributed by atoms with Crippen LogP contribution in [0.3, 0.4) is 0 Å². The van der Waals surface area contributed by atoms with Crippen molar-refractivity contribution in [3.8, 4) is 5.75 Å². The van der Waals surface area contributed by atoms with E-state index in [0.29, 0.717) is 29.0 Å². The summed E-state index contributed by atoms with van der Waals surface area (Å²) in [6.45, 7) is 0.246. The Balaban J connectivity index is 2.55. The van der Waals surface area contributed by atoms with Gasteiger partial charge in [-0.2, -0.15) is 0 Å². The summed E-state index contributed by atoms with van der Waals surface area (Å²) in [7, 11) is -2.97. The molecule has 1 aromatic carbocycles. The van der Waals surface area contributed by atoms with Crippen molar-refractivity contribution in [2.45, 2.75) is 6.42 Å². The smallest absolute Gasteiger partial charge is 0.153 e. The van der Waals surface area contributed by atoms with Crippen LogP contribution in [0.2, 0.25) is 5.02 Å². The molecular formula is C11H13ClO4S. The number of hydrogen-bond donors (Lipinski definition) is 0. The van der Waals surface area contributed by atoms with Crippen LogP contribution in [0.5, 0.6) is 5.75 Å². The SMILES string of the molecule is CS(=O)(=O)CCCOc1ccc(Cl)cc1C=O. The second-order valence-electron chi connectivity index (χ2n) is 3.63. The standard InChI is InChI=1S/C11H13ClO4S/c1-17(14,15)6-2-5-16-11-4-3-10(12)7-9(11)8-13/h3-4,7-8H,2,5-6H2,1H3.